The maximum Gasteiger partial charge on any atom is 0.314 e. The standard InChI is InChI=1S/C16H19F3O2/c1-15(2,19)10-8-11(13(18)12(17)9-10)16(14(20)21)6-4-3-5-7-16/h8-9H,3-7H2,1-2H3,(H,20,21). The zero-order valence-electron chi connectivity index (χ0n) is 12.2. The van der Waals surface area contributed by atoms with Gasteiger partial charge in [0.2, 0.25) is 0 Å². The van der Waals surface area contributed by atoms with Crippen molar-refractivity contribution in [1.29, 1.82) is 0 Å². The van der Waals surface area contributed by atoms with Gasteiger partial charge in [0, 0.05) is 5.56 Å². The highest BCUT2D eigenvalue weighted by Crippen LogP contribution is 2.42. The largest absolute Gasteiger partial charge is 0.481 e. The first kappa shape index (κ1) is 15.9. The van der Waals surface area contributed by atoms with Gasteiger partial charge in [-0.25, -0.2) is 13.2 Å². The van der Waals surface area contributed by atoms with E-state index in [1.807, 2.05) is 0 Å². The topological polar surface area (TPSA) is 37.3 Å². The fraction of sp³-hybridized carbons (Fsp3) is 0.562. The molecule has 0 saturated heterocycles. The molecule has 1 aliphatic carbocycles. The molecule has 1 aliphatic rings. The van der Waals surface area contributed by atoms with Crippen molar-refractivity contribution in [2.24, 2.45) is 0 Å². The summed E-state index contributed by atoms with van der Waals surface area (Å²) >= 11 is 0. The van der Waals surface area contributed by atoms with E-state index in [1.165, 1.54) is 19.9 Å². The van der Waals surface area contributed by atoms with Gasteiger partial charge in [-0.05, 0) is 44.4 Å². The Bertz CT molecular complexity index is 555. The fourth-order valence-corrected chi connectivity index (χ4v) is 3.03. The van der Waals surface area contributed by atoms with Crippen molar-refractivity contribution in [2.75, 3.05) is 0 Å². The van der Waals surface area contributed by atoms with E-state index in [9.17, 15) is 23.1 Å². The number of alkyl halides is 1. The lowest BCUT2D eigenvalue weighted by atomic mass is 9.68. The molecule has 0 aliphatic heterocycles. The molecule has 2 nitrogen and oxygen atoms in total. The molecule has 0 aromatic heterocycles. The van der Waals surface area contributed by atoms with Gasteiger partial charge in [0.15, 0.2) is 11.6 Å². The van der Waals surface area contributed by atoms with Gasteiger partial charge < -0.3 is 5.11 Å². The molecule has 116 valence electrons. The van der Waals surface area contributed by atoms with E-state index in [1.54, 1.807) is 0 Å². The number of hydrogen-bond donors (Lipinski definition) is 1. The number of benzene rings is 1. The molecule has 5 heteroatoms. The fourth-order valence-electron chi connectivity index (χ4n) is 3.03. The number of hydrogen-bond acceptors (Lipinski definition) is 1. The van der Waals surface area contributed by atoms with Crippen LogP contribution in [-0.4, -0.2) is 11.1 Å². The van der Waals surface area contributed by atoms with Gasteiger partial charge in [-0.1, -0.05) is 19.3 Å². The first-order valence-corrected chi connectivity index (χ1v) is 7.11. The molecule has 1 fully saturated rings. The summed E-state index contributed by atoms with van der Waals surface area (Å²) < 4.78 is 42.1. The van der Waals surface area contributed by atoms with Crippen molar-refractivity contribution in [3.8, 4) is 0 Å². The number of rotatable bonds is 3. The molecule has 0 atom stereocenters. The summed E-state index contributed by atoms with van der Waals surface area (Å²) in [6, 6.07) is 1.98. The Morgan fingerprint density at radius 1 is 1.19 bits per heavy atom. The molecular formula is C16H19F3O2. The second-order valence-electron chi connectivity index (χ2n) is 6.24. The normalized spacial score (nSPS) is 18.5. The third-order valence-corrected chi connectivity index (χ3v) is 4.35. The van der Waals surface area contributed by atoms with E-state index in [2.05, 4.69) is 0 Å². The molecule has 0 bridgehead atoms. The summed E-state index contributed by atoms with van der Waals surface area (Å²) in [5.74, 6) is -3.54. The van der Waals surface area contributed by atoms with Crippen LogP contribution in [0.5, 0.6) is 0 Å². The summed E-state index contributed by atoms with van der Waals surface area (Å²) in [5, 5.41) is 9.57. The van der Waals surface area contributed by atoms with Crippen LogP contribution in [0.25, 0.3) is 0 Å². The minimum atomic E-state index is -1.86. The van der Waals surface area contributed by atoms with Crippen LogP contribution in [0.15, 0.2) is 12.1 Å². The van der Waals surface area contributed by atoms with Crippen molar-refractivity contribution >= 4 is 5.97 Å². The Morgan fingerprint density at radius 3 is 2.24 bits per heavy atom. The van der Waals surface area contributed by atoms with Crippen molar-refractivity contribution in [1.82, 2.24) is 0 Å². The third-order valence-electron chi connectivity index (χ3n) is 4.35. The Balaban J connectivity index is 2.65. The van der Waals surface area contributed by atoms with E-state index in [0.717, 1.165) is 12.5 Å². The maximum absolute atomic E-state index is 14.2. The first-order chi connectivity index (χ1) is 9.68. The minimum absolute atomic E-state index is 0.0393. The van der Waals surface area contributed by atoms with Crippen molar-refractivity contribution < 1.29 is 23.1 Å². The van der Waals surface area contributed by atoms with E-state index in [0.29, 0.717) is 12.8 Å². The Hall–Kier alpha value is -1.52. The Labute approximate surface area is 122 Å². The quantitative estimate of drug-likeness (QED) is 0.895. The molecule has 0 radical (unpaired) electrons. The summed E-state index contributed by atoms with van der Waals surface area (Å²) in [7, 11) is 0. The molecular weight excluding hydrogens is 281 g/mol. The number of aliphatic carboxylic acids is 1. The van der Waals surface area contributed by atoms with Gasteiger partial charge in [0.1, 0.15) is 5.67 Å². The second-order valence-corrected chi connectivity index (χ2v) is 6.24. The van der Waals surface area contributed by atoms with Crippen molar-refractivity contribution in [2.45, 2.75) is 57.0 Å². The van der Waals surface area contributed by atoms with Crippen molar-refractivity contribution in [3.05, 3.63) is 34.9 Å². The zero-order valence-corrected chi connectivity index (χ0v) is 12.2. The van der Waals surface area contributed by atoms with Crippen LogP contribution < -0.4 is 0 Å². The van der Waals surface area contributed by atoms with Gasteiger partial charge in [-0.3, -0.25) is 4.79 Å². The van der Waals surface area contributed by atoms with E-state index in [-0.39, 0.29) is 24.0 Å². The number of carbonyl (C=O) groups is 1. The molecule has 21 heavy (non-hydrogen) atoms. The predicted molar refractivity (Wildman–Crippen MR) is 72.9 cm³/mol. The molecule has 1 N–H and O–H groups in total. The minimum Gasteiger partial charge on any atom is -0.481 e. The molecule has 0 amide bonds. The molecule has 2 rings (SSSR count). The van der Waals surface area contributed by atoms with E-state index >= 15 is 0 Å². The lowest BCUT2D eigenvalue weighted by Crippen LogP contribution is -2.39. The number of halogens is 3. The summed E-state index contributed by atoms with van der Waals surface area (Å²) in [5.41, 5.74) is -3.58. The summed E-state index contributed by atoms with van der Waals surface area (Å²) in [6.07, 6.45) is 2.63. The van der Waals surface area contributed by atoms with Crippen LogP contribution in [0.3, 0.4) is 0 Å². The molecule has 0 unspecified atom stereocenters. The monoisotopic (exact) mass is 300 g/mol. The lowest BCUT2D eigenvalue weighted by Gasteiger charge is -2.34. The van der Waals surface area contributed by atoms with E-state index < -0.39 is 28.7 Å². The zero-order chi connectivity index (χ0) is 15.8. The van der Waals surface area contributed by atoms with Crippen LogP contribution >= 0.6 is 0 Å². The number of carboxylic acids is 1. The van der Waals surface area contributed by atoms with Gasteiger partial charge in [0.05, 0.1) is 5.41 Å². The van der Waals surface area contributed by atoms with Gasteiger partial charge in [0.25, 0.3) is 0 Å². The van der Waals surface area contributed by atoms with Gasteiger partial charge in [-0.2, -0.15) is 0 Å². The average molecular weight is 300 g/mol. The average Bonchev–Trinajstić information content (AvgIpc) is 2.41. The third kappa shape index (κ3) is 2.78. The lowest BCUT2D eigenvalue weighted by molar-refractivity contribution is -0.145. The molecule has 1 saturated carbocycles. The Morgan fingerprint density at radius 2 is 1.76 bits per heavy atom. The van der Waals surface area contributed by atoms with Crippen LogP contribution in [-0.2, 0) is 15.9 Å². The highest BCUT2D eigenvalue weighted by atomic mass is 19.2. The van der Waals surface area contributed by atoms with Crippen LogP contribution in [0, 0.1) is 11.6 Å². The predicted octanol–water partition coefficient (Wildman–Crippen LogP) is 4.46. The van der Waals surface area contributed by atoms with E-state index in [4.69, 9.17) is 0 Å². The SMILES string of the molecule is CC(C)(F)c1cc(F)c(F)c(C2(C(=O)O)CCCCC2)c1. The molecule has 1 aromatic carbocycles. The molecule has 0 spiro atoms. The summed E-state index contributed by atoms with van der Waals surface area (Å²) in [6.45, 7) is 2.47. The first-order valence-electron chi connectivity index (χ1n) is 7.11. The smallest absolute Gasteiger partial charge is 0.314 e. The molecule has 0 heterocycles. The van der Waals surface area contributed by atoms with Crippen LogP contribution in [0.1, 0.15) is 57.1 Å². The van der Waals surface area contributed by atoms with Gasteiger partial charge in [-0.15, -0.1) is 0 Å². The van der Waals surface area contributed by atoms with Crippen molar-refractivity contribution in [3.63, 3.8) is 0 Å². The highest BCUT2D eigenvalue weighted by Gasteiger charge is 2.44. The molecule has 1 aromatic rings. The number of carboxylic acid groups (broad SMARTS) is 1. The second kappa shape index (κ2) is 5.35. The van der Waals surface area contributed by atoms with Crippen LogP contribution in [0.4, 0.5) is 13.2 Å². The van der Waals surface area contributed by atoms with Crippen LogP contribution in [0.2, 0.25) is 0 Å². The maximum atomic E-state index is 14.2. The van der Waals surface area contributed by atoms with Gasteiger partial charge >= 0.3 is 5.97 Å². The highest BCUT2D eigenvalue weighted by molar-refractivity contribution is 5.81. The summed E-state index contributed by atoms with van der Waals surface area (Å²) in [4.78, 5) is 11.7. The Kier molecular flexibility index (Phi) is 4.04.